The molecule has 1 saturated heterocycles. The van der Waals surface area contributed by atoms with E-state index in [1.165, 1.54) is 49.1 Å². The second-order valence-electron chi connectivity index (χ2n) is 6.41. The monoisotopic (exact) mass is 301 g/mol. The number of imidazole rings is 1. The zero-order valence-electron chi connectivity index (χ0n) is 13.7. The summed E-state index contributed by atoms with van der Waals surface area (Å²) in [7, 11) is 0. The van der Waals surface area contributed by atoms with Gasteiger partial charge in [-0.1, -0.05) is 19.8 Å². The quantitative estimate of drug-likeness (QED) is 0.858. The van der Waals surface area contributed by atoms with Gasteiger partial charge in [-0.25, -0.2) is 4.98 Å². The summed E-state index contributed by atoms with van der Waals surface area (Å²) in [5, 5.41) is 7.41. The number of piperidine rings is 1. The Kier molecular flexibility index (Phi) is 4.93. The average molecular weight is 301 g/mol. The molecule has 120 valence electrons. The maximum Gasteiger partial charge on any atom is 0.106 e. The number of hydrogen-bond acceptors (Lipinski definition) is 3. The third-order valence-corrected chi connectivity index (χ3v) is 4.64. The molecule has 5 heteroatoms. The molecule has 5 nitrogen and oxygen atoms in total. The summed E-state index contributed by atoms with van der Waals surface area (Å²) in [5.74, 6) is 1.13. The molecule has 1 aliphatic heterocycles. The molecule has 1 unspecified atom stereocenters. The highest BCUT2D eigenvalue weighted by atomic mass is 15.2. The number of aromatic nitrogens is 4. The van der Waals surface area contributed by atoms with Crippen LogP contribution >= 0.6 is 0 Å². The molecule has 2 aromatic rings. The fourth-order valence-electron chi connectivity index (χ4n) is 3.38. The van der Waals surface area contributed by atoms with Gasteiger partial charge in [0, 0.05) is 24.9 Å². The second-order valence-corrected chi connectivity index (χ2v) is 6.41. The SMILES string of the molecule is CCCCc1ncc(CN2CCCCC2c2[nH]ncc2C)[nH]1. The molecule has 1 aliphatic rings. The minimum atomic E-state index is 0.457. The summed E-state index contributed by atoms with van der Waals surface area (Å²) in [6, 6.07) is 0.457. The Hall–Kier alpha value is -1.62. The van der Waals surface area contributed by atoms with Crippen LogP contribution in [-0.2, 0) is 13.0 Å². The standard InChI is InChI=1S/C17H27N5/c1-3-4-8-16-18-11-14(20-16)12-22-9-6-5-7-15(22)17-13(2)10-19-21-17/h10-11,15H,3-9,12H2,1-2H3,(H,18,20)(H,19,21). The van der Waals surface area contributed by atoms with Crippen molar-refractivity contribution < 1.29 is 0 Å². The lowest BCUT2D eigenvalue weighted by molar-refractivity contribution is 0.135. The van der Waals surface area contributed by atoms with Crippen molar-refractivity contribution in [2.75, 3.05) is 6.54 Å². The summed E-state index contributed by atoms with van der Waals surface area (Å²) >= 11 is 0. The second kappa shape index (κ2) is 7.09. The van der Waals surface area contributed by atoms with Gasteiger partial charge in [0.25, 0.3) is 0 Å². The summed E-state index contributed by atoms with van der Waals surface area (Å²) in [6.45, 7) is 6.45. The predicted octanol–water partition coefficient (Wildman–Crippen LogP) is 3.51. The molecular weight excluding hydrogens is 274 g/mol. The van der Waals surface area contributed by atoms with Crippen molar-refractivity contribution >= 4 is 0 Å². The number of unbranched alkanes of at least 4 members (excludes halogenated alkanes) is 1. The van der Waals surface area contributed by atoms with E-state index >= 15 is 0 Å². The summed E-state index contributed by atoms with van der Waals surface area (Å²) in [4.78, 5) is 10.6. The normalized spacial score (nSPS) is 19.6. The molecule has 0 saturated carbocycles. The first kappa shape index (κ1) is 15.3. The molecule has 0 aromatic carbocycles. The van der Waals surface area contributed by atoms with Crippen LogP contribution in [0.1, 0.15) is 67.8 Å². The van der Waals surface area contributed by atoms with Crippen molar-refractivity contribution in [3.8, 4) is 0 Å². The van der Waals surface area contributed by atoms with Gasteiger partial charge in [-0.15, -0.1) is 0 Å². The molecule has 0 amide bonds. The van der Waals surface area contributed by atoms with Crippen molar-refractivity contribution in [1.82, 2.24) is 25.1 Å². The van der Waals surface area contributed by atoms with Crippen LogP contribution in [0.15, 0.2) is 12.4 Å². The van der Waals surface area contributed by atoms with Gasteiger partial charge < -0.3 is 4.98 Å². The van der Waals surface area contributed by atoms with E-state index in [1.54, 1.807) is 0 Å². The lowest BCUT2D eigenvalue weighted by atomic mass is 9.97. The molecular formula is C17H27N5. The number of aromatic amines is 2. The van der Waals surface area contributed by atoms with Crippen molar-refractivity contribution in [3.63, 3.8) is 0 Å². The van der Waals surface area contributed by atoms with E-state index < -0.39 is 0 Å². The number of rotatable bonds is 6. The molecule has 3 heterocycles. The van der Waals surface area contributed by atoms with Gasteiger partial charge in [-0.3, -0.25) is 10.00 Å². The predicted molar refractivity (Wildman–Crippen MR) is 87.5 cm³/mol. The topological polar surface area (TPSA) is 60.6 Å². The van der Waals surface area contributed by atoms with Gasteiger partial charge in [-0.05, 0) is 38.3 Å². The Labute approximate surface area is 132 Å². The molecule has 0 bridgehead atoms. The van der Waals surface area contributed by atoms with Gasteiger partial charge in [0.15, 0.2) is 0 Å². The van der Waals surface area contributed by atoms with Gasteiger partial charge >= 0.3 is 0 Å². The number of likely N-dealkylation sites (tertiary alicyclic amines) is 1. The third kappa shape index (κ3) is 3.40. The van der Waals surface area contributed by atoms with Gasteiger partial charge in [-0.2, -0.15) is 5.10 Å². The lowest BCUT2D eigenvalue weighted by Crippen LogP contribution is -2.33. The van der Waals surface area contributed by atoms with E-state index in [9.17, 15) is 0 Å². The number of nitrogens with one attached hydrogen (secondary N) is 2. The van der Waals surface area contributed by atoms with Crippen molar-refractivity contribution in [2.45, 2.75) is 65.0 Å². The molecule has 3 rings (SSSR count). The van der Waals surface area contributed by atoms with Crippen molar-refractivity contribution in [3.05, 3.63) is 35.2 Å². The average Bonchev–Trinajstić information content (AvgIpc) is 3.15. The van der Waals surface area contributed by atoms with Crippen LogP contribution in [-0.4, -0.2) is 31.6 Å². The van der Waals surface area contributed by atoms with Crippen LogP contribution in [0.2, 0.25) is 0 Å². The fourth-order valence-corrected chi connectivity index (χ4v) is 3.38. The Bertz CT molecular complexity index is 585. The van der Waals surface area contributed by atoms with Crippen LogP contribution < -0.4 is 0 Å². The lowest BCUT2D eigenvalue weighted by Gasteiger charge is -2.35. The molecule has 2 N–H and O–H groups in total. The maximum atomic E-state index is 4.52. The fraction of sp³-hybridized carbons (Fsp3) is 0.647. The highest BCUT2D eigenvalue weighted by Crippen LogP contribution is 2.32. The van der Waals surface area contributed by atoms with Crippen LogP contribution in [0.25, 0.3) is 0 Å². The van der Waals surface area contributed by atoms with Crippen LogP contribution in [0.4, 0.5) is 0 Å². The molecule has 0 aliphatic carbocycles. The number of H-pyrrole nitrogens is 2. The number of aryl methyl sites for hydroxylation is 2. The first-order valence-electron chi connectivity index (χ1n) is 8.54. The first-order valence-corrected chi connectivity index (χ1v) is 8.54. The van der Waals surface area contributed by atoms with Gasteiger partial charge in [0.1, 0.15) is 5.82 Å². The van der Waals surface area contributed by atoms with Crippen molar-refractivity contribution in [1.29, 1.82) is 0 Å². The van der Waals surface area contributed by atoms with Crippen LogP contribution in [0.5, 0.6) is 0 Å². The number of hydrogen-bond donors (Lipinski definition) is 2. The van der Waals surface area contributed by atoms with Gasteiger partial charge in [0.2, 0.25) is 0 Å². The molecule has 1 atom stereocenters. The minimum absolute atomic E-state index is 0.457. The van der Waals surface area contributed by atoms with Gasteiger partial charge in [0.05, 0.1) is 17.9 Å². The number of nitrogens with zero attached hydrogens (tertiary/aromatic N) is 3. The maximum absolute atomic E-state index is 4.52. The van der Waals surface area contributed by atoms with E-state index in [1.807, 2.05) is 12.4 Å². The molecule has 0 radical (unpaired) electrons. The zero-order valence-corrected chi connectivity index (χ0v) is 13.7. The molecule has 1 fully saturated rings. The summed E-state index contributed by atoms with van der Waals surface area (Å²) in [6.07, 6.45) is 11.2. The minimum Gasteiger partial charge on any atom is -0.345 e. The van der Waals surface area contributed by atoms with E-state index in [2.05, 4.69) is 38.9 Å². The first-order chi connectivity index (χ1) is 10.8. The Morgan fingerprint density at radius 3 is 3.00 bits per heavy atom. The zero-order chi connectivity index (χ0) is 15.4. The Balaban J connectivity index is 1.69. The Morgan fingerprint density at radius 1 is 1.32 bits per heavy atom. The summed E-state index contributed by atoms with van der Waals surface area (Å²) < 4.78 is 0. The van der Waals surface area contributed by atoms with Crippen LogP contribution in [0.3, 0.4) is 0 Å². The highest BCUT2D eigenvalue weighted by molar-refractivity contribution is 5.19. The third-order valence-electron chi connectivity index (χ3n) is 4.64. The van der Waals surface area contributed by atoms with Crippen molar-refractivity contribution in [2.24, 2.45) is 0 Å². The molecule has 2 aromatic heterocycles. The molecule has 22 heavy (non-hydrogen) atoms. The Morgan fingerprint density at radius 2 is 2.23 bits per heavy atom. The smallest absolute Gasteiger partial charge is 0.106 e. The largest absolute Gasteiger partial charge is 0.345 e. The van der Waals surface area contributed by atoms with E-state index in [-0.39, 0.29) is 0 Å². The van der Waals surface area contributed by atoms with E-state index in [0.717, 1.165) is 25.3 Å². The van der Waals surface area contributed by atoms with E-state index in [4.69, 9.17) is 0 Å². The summed E-state index contributed by atoms with van der Waals surface area (Å²) in [5.41, 5.74) is 3.78. The van der Waals surface area contributed by atoms with Crippen LogP contribution in [0, 0.1) is 6.92 Å². The molecule has 0 spiro atoms. The van der Waals surface area contributed by atoms with E-state index in [0.29, 0.717) is 6.04 Å². The highest BCUT2D eigenvalue weighted by Gasteiger charge is 2.26.